The smallest absolute Gasteiger partial charge is 0.0765 e. The van der Waals surface area contributed by atoms with Crippen LogP contribution in [0.15, 0.2) is 46.3 Å². The zero-order valence-electron chi connectivity index (χ0n) is 16.1. The molecule has 0 radical (unpaired) electrons. The fourth-order valence-corrected chi connectivity index (χ4v) is 4.29. The van der Waals surface area contributed by atoms with Gasteiger partial charge in [-0.1, -0.05) is 19.1 Å². The first kappa shape index (κ1) is 18.1. The van der Waals surface area contributed by atoms with Crippen molar-refractivity contribution in [2.24, 2.45) is 4.99 Å². The third kappa shape index (κ3) is 3.48. The second-order valence-electron chi connectivity index (χ2n) is 7.67. The van der Waals surface area contributed by atoms with Gasteiger partial charge in [0.1, 0.15) is 0 Å². The van der Waals surface area contributed by atoms with Crippen LogP contribution < -0.4 is 4.90 Å². The zero-order valence-corrected chi connectivity index (χ0v) is 16.9. The number of anilines is 1. The number of para-hydroxylation sites is 1. The third-order valence-electron chi connectivity index (χ3n) is 5.45. The molecule has 0 spiro atoms. The van der Waals surface area contributed by atoms with E-state index in [9.17, 15) is 0 Å². The lowest BCUT2D eigenvalue weighted by molar-refractivity contribution is 0.395. The van der Waals surface area contributed by atoms with Crippen LogP contribution in [0.3, 0.4) is 0 Å². The number of hydrogen-bond acceptors (Lipinski definition) is 3. The molecule has 1 aliphatic heterocycles. The zero-order chi connectivity index (χ0) is 18.2. The van der Waals surface area contributed by atoms with Crippen molar-refractivity contribution in [1.82, 2.24) is 0 Å². The van der Waals surface area contributed by atoms with Crippen molar-refractivity contribution >= 4 is 29.4 Å². The molecule has 132 valence electrons. The Morgan fingerprint density at radius 3 is 2.68 bits per heavy atom. The molecule has 2 nitrogen and oxygen atoms in total. The Balaban J connectivity index is 2.00. The van der Waals surface area contributed by atoms with Gasteiger partial charge in [-0.2, -0.15) is 0 Å². The summed E-state index contributed by atoms with van der Waals surface area (Å²) in [4.78, 5) is 8.41. The molecule has 0 aliphatic carbocycles. The number of hydrogen-bond donors (Lipinski definition) is 0. The van der Waals surface area contributed by atoms with Crippen LogP contribution in [0.2, 0.25) is 0 Å². The second-order valence-corrected chi connectivity index (χ2v) is 8.52. The largest absolute Gasteiger partial charge is 0.369 e. The molecule has 1 unspecified atom stereocenters. The summed E-state index contributed by atoms with van der Waals surface area (Å²) < 4.78 is 0. The fraction of sp³-hybridized carbons (Fsp3) is 0.409. The normalized spacial score (nSPS) is 19.3. The van der Waals surface area contributed by atoms with E-state index >= 15 is 0 Å². The highest BCUT2D eigenvalue weighted by atomic mass is 32.2. The molecule has 2 aromatic rings. The minimum Gasteiger partial charge on any atom is -0.369 e. The number of nitrogens with zero attached hydrogens (tertiary/aromatic N) is 2. The quantitative estimate of drug-likeness (QED) is 0.483. The first-order valence-corrected chi connectivity index (χ1v) is 10.1. The lowest BCUT2D eigenvalue weighted by Gasteiger charge is -2.45. The van der Waals surface area contributed by atoms with Crippen molar-refractivity contribution in [1.29, 1.82) is 0 Å². The average Bonchev–Trinajstić information content (AvgIpc) is 2.58. The highest BCUT2D eigenvalue weighted by molar-refractivity contribution is 7.98. The van der Waals surface area contributed by atoms with Gasteiger partial charge < -0.3 is 4.90 Å². The van der Waals surface area contributed by atoms with Crippen molar-refractivity contribution in [3.8, 4) is 0 Å². The molecule has 1 atom stereocenters. The lowest BCUT2D eigenvalue weighted by atomic mass is 9.79. The van der Waals surface area contributed by atoms with Crippen LogP contribution in [0.4, 0.5) is 11.4 Å². The summed E-state index contributed by atoms with van der Waals surface area (Å²) in [5.74, 6) is 0.562. The van der Waals surface area contributed by atoms with Crippen LogP contribution in [0.1, 0.15) is 49.8 Å². The SMILES string of the molecule is CSc1ccccc1N=Cc1cc2c(cc1C)N(C)C(C)(C)CC2C. The minimum atomic E-state index is 0.200. The summed E-state index contributed by atoms with van der Waals surface area (Å²) in [5.41, 5.74) is 6.54. The molecular weight excluding hydrogens is 324 g/mol. The number of aliphatic imine (C=N–C) groups is 1. The number of aryl methyl sites for hydroxylation is 1. The monoisotopic (exact) mass is 352 g/mol. The van der Waals surface area contributed by atoms with Gasteiger partial charge in [-0.25, -0.2) is 0 Å². The van der Waals surface area contributed by atoms with Gasteiger partial charge in [0.2, 0.25) is 0 Å². The summed E-state index contributed by atoms with van der Waals surface area (Å²) in [5, 5.41) is 0. The van der Waals surface area contributed by atoms with Crippen LogP contribution in [0.5, 0.6) is 0 Å². The second kappa shape index (κ2) is 6.87. The molecule has 1 heterocycles. The van der Waals surface area contributed by atoms with Gasteiger partial charge in [0.05, 0.1) is 5.69 Å². The summed E-state index contributed by atoms with van der Waals surface area (Å²) >= 11 is 1.74. The maximum absolute atomic E-state index is 4.77. The van der Waals surface area contributed by atoms with E-state index < -0.39 is 0 Å². The standard InChI is InChI=1S/C22H28N2S/c1-15-11-20-18(16(2)13-22(3,4)24(20)5)12-17(15)14-23-19-9-7-8-10-21(19)25-6/h7-12,14,16H,13H2,1-6H3. The Morgan fingerprint density at radius 2 is 1.96 bits per heavy atom. The van der Waals surface area contributed by atoms with Crippen LogP contribution in [-0.2, 0) is 0 Å². The van der Waals surface area contributed by atoms with E-state index in [0.29, 0.717) is 5.92 Å². The van der Waals surface area contributed by atoms with E-state index in [4.69, 9.17) is 4.99 Å². The van der Waals surface area contributed by atoms with E-state index in [2.05, 4.69) is 76.2 Å². The Labute approximate surface area is 156 Å². The van der Waals surface area contributed by atoms with Gasteiger partial charge in [0, 0.05) is 29.4 Å². The molecule has 0 bridgehead atoms. The molecule has 3 heteroatoms. The Hall–Kier alpha value is -1.74. The average molecular weight is 353 g/mol. The summed E-state index contributed by atoms with van der Waals surface area (Å²) in [6.07, 6.45) is 5.29. The number of benzene rings is 2. The van der Waals surface area contributed by atoms with Gasteiger partial charge in [0.15, 0.2) is 0 Å². The van der Waals surface area contributed by atoms with Gasteiger partial charge in [0.25, 0.3) is 0 Å². The molecule has 0 amide bonds. The predicted octanol–water partition coefficient (Wildman–Crippen LogP) is 6.19. The van der Waals surface area contributed by atoms with Crippen LogP contribution >= 0.6 is 11.8 Å². The maximum atomic E-state index is 4.77. The van der Waals surface area contributed by atoms with Crippen LogP contribution in [0.25, 0.3) is 0 Å². The number of fused-ring (bicyclic) bond motifs is 1. The molecule has 3 rings (SSSR count). The summed E-state index contributed by atoms with van der Waals surface area (Å²) in [6.45, 7) is 9.18. The molecule has 0 N–H and O–H groups in total. The predicted molar refractivity (Wildman–Crippen MR) is 112 cm³/mol. The fourth-order valence-electron chi connectivity index (χ4n) is 3.75. The summed E-state index contributed by atoms with van der Waals surface area (Å²) in [7, 11) is 2.21. The minimum absolute atomic E-state index is 0.200. The molecule has 0 aromatic heterocycles. The van der Waals surface area contributed by atoms with Crippen LogP contribution in [0, 0.1) is 6.92 Å². The van der Waals surface area contributed by atoms with E-state index in [0.717, 1.165) is 5.69 Å². The van der Waals surface area contributed by atoms with Crippen molar-refractivity contribution in [2.75, 3.05) is 18.2 Å². The molecule has 2 aromatic carbocycles. The Kier molecular flexibility index (Phi) is 4.97. The molecule has 25 heavy (non-hydrogen) atoms. The molecular formula is C22H28N2S. The maximum Gasteiger partial charge on any atom is 0.0765 e. The van der Waals surface area contributed by atoms with Crippen molar-refractivity contribution in [2.45, 2.75) is 50.5 Å². The molecule has 1 aliphatic rings. The lowest BCUT2D eigenvalue weighted by Crippen LogP contribution is -2.45. The first-order chi connectivity index (χ1) is 11.8. The van der Waals surface area contributed by atoms with E-state index in [1.165, 1.54) is 33.7 Å². The summed E-state index contributed by atoms with van der Waals surface area (Å²) in [6, 6.07) is 13.0. The highest BCUT2D eigenvalue weighted by Gasteiger charge is 2.34. The molecule has 0 saturated heterocycles. The van der Waals surface area contributed by atoms with E-state index in [1.807, 2.05) is 12.3 Å². The van der Waals surface area contributed by atoms with E-state index in [-0.39, 0.29) is 5.54 Å². The topological polar surface area (TPSA) is 15.6 Å². The third-order valence-corrected chi connectivity index (χ3v) is 6.23. The highest BCUT2D eigenvalue weighted by Crippen LogP contribution is 2.43. The van der Waals surface area contributed by atoms with E-state index in [1.54, 1.807) is 11.8 Å². The number of thioether (sulfide) groups is 1. The first-order valence-electron chi connectivity index (χ1n) is 8.89. The van der Waals surface area contributed by atoms with Crippen molar-refractivity contribution in [3.05, 3.63) is 53.1 Å². The Bertz CT molecular complexity index is 808. The van der Waals surface area contributed by atoms with Crippen molar-refractivity contribution in [3.63, 3.8) is 0 Å². The van der Waals surface area contributed by atoms with Crippen molar-refractivity contribution < 1.29 is 0 Å². The van der Waals surface area contributed by atoms with Crippen LogP contribution in [-0.4, -0.2) is 25.1 Å². The Morgan fingerprint density at radius 1 is 1.24 bits per heavy atom. The van der Waals surface area contributed by atoms with Gasteiger partial charge in [-0.15, -0.1) is 11.8 Å². The van der Waals surface area contributed by atoms with Gasteiger partial charge >= 0.3 is 0 Å². The van der Waals surface area contributed by atoms with Gasteiger partial charge in [-0.05, 0) is 80.3 Å². The number of rotatable bonds is 3. The molecule has 0 fully saturated rings. The van der Waals surface area contributed by atoms with Gasteiger partial charge in [-0.3, -0.25) is 4.99 Å². The molecule has 0 saturated carbocycles.